The lowest BCUT2D eigenvalue weighted by molar-refractivity contribution is 0.0519. The van der Waals surface area contributed by atoms with E-state index in [1.165, 1.54) is 28.6 Å². The van der Waals surface area contributed by atoms with Crippen LogP contribution in [-0.4, -0.2) is 54.1 Å². The number of sulfonamides is 1. The number of aryl methyl sites for hydroxylation is 1. The van der Waals surface area contributed by atoms with Crippen LogP contribution in [0, 0.1) is 6.92 Å². The molecule has 0 saturated carbocycles. The average Bonchev–Trinajstić information content (AvgIpc) is 3.34. The Morgan fingerprint density at radius 3 is 2.26 bits per heavy atom. The Bertz CT molecular complexity index is 1690. The van der Waals surface area contributed by atoms with Crippen LogP contribution in [0.25, 0.3) is 16.5 Å². The first-order valence-corrected chi connectivity index (χ1v) is 14.6. The molecule has 12 heteroatoms. The number of amides is 1. The number of esters is 1. The topological polar surface area (TPSA) is 128 Å². The summed E-state index contributed by atoms with van der Waals surface area (Å²) < 4.78 is 33.1. The summed E-state index contributed by atoms with van der Waals surface area (Å²) in [7, 11) is -3.67. The molecule has 2 aromatic carbocycles. The molecule has 0 bridgehead atoms. The van der Waals surface area contributed by atoms with Gasteiger partial charge in [-0.25, -0.2) is 13.2 Å². The molecule has 0 unspecified atom stereocenters. The molecular weight excluding hydrogens is 540 g/mol. The van der Waals surface area contributed by atoms with Crippen LogP contribution in [-0.2, 0) is 14.8 Å². The molecule has 0 saturated heterocycles. The monoisotopic (exact) mass is 568 g/mol. The van der Waals surface area contributed by atoms with E-state index >= 15 is 0 Å². The highest BCUT2D eigenvalue weighted by molar-refractivity contribution is 7.89. The summed E-state index contributed by atoms with van der Waals surface area (Å²) in [5, 5.41) is 9.22. The lowest BCUT2D eigenvalue weighted by atomic mass is 10.2. The van der Waals surface area contributed by atoms with Gasteiger partial charge in [0.05, 0.1) is 22.6 Å². The zero-order valence-corrected chi connectivity index (χ0v) is 23.6. The summed E-state index contributed by atoms with van der Waals surface area (Å²) in [6, 6.07) is 12.6. The predicted molar refractivity (Wildman–Crippen MR) is 150 cm³/mol. The molecule has 10 nitrogen and oxygen atoms in total. The summed E-state index contributed by atoms with van der Waals surface area (Å²) >= 11 is 1.08. The first kappa shape index (κ1) is 28.1. The van der Waals surface area contributed by atoms with Crippen molar-refractivity contribution in [1.29, 1.82) is 0 Å². The lowest BCUT2D eigenvalue weighted by Crippen LogP contribution is -2.30. The van der Waals surface area contributed by atoms with E-state index in [0.717, 1.165) is 21.6 Å². The fourth-order valence-corrected chi connectivity index (χ4v) is 6.41. The number of thiophene rings is 1. The van der Waals surface area contributed by atoms with E-state index in [1.54, 1.807) is 38.3 Å². The van der Waals surface area contributed by atoms with Gasteiger partial charge in [0.1, 0.15) is 5.00 Å². The minimum atomic E-state index is -3.67. The van der Waals surface area contributed by atoms with Gasteiger partial charge in [0, 0.05) is 29.4 Å². The number of carbonyl (C=O) groups is 2. The molecule has 4 rings (SSSR count). The Labute approximate surface area is 229 Å². The molecule has 0 aliphatic rings. The van der Waals surface area contributed by atoms with E-state index in [9.17, 15) is 22.8 Å². The third-order valence-corrected chi connectivity index (χ3v) is 9.05. The van der Waals surface area contributed by atoms with Crippen LogP contribution in [0.1, 0.15) is 47.2 Å². The van der Waals surface area contributed by atoms with Crippen molar-refractivity contribution in [3.63, 3.8) is 0 Å². The number of carbonyl (C=O) groups excluding carboxylic acids is 2. The molecule has 204 valence electrons. The predicted octanol–water partition coefficient (Wildman–Crippen LogP) is 4.22. The van der Waals surface area contributed by atoms with Crippen molar-refractivity contribution >= 4 is 49.0 Å². The summed E-state index contributed by atoms with van der Waals surface area (Å²) in [5.74, 6) is -1.23. The van der Waals surface area contributed by atoms with Crippen molar-refractivity contribution in [2.24, 2.45) is 0 Å². The first-order chi connectivity index (χ1) is 18.6. The molecule has 39 heavy (non-hydrogen) atoms. The Morgan fingerprint density at radius 1 is 1.03 bits per heavy atom. The second kappa shape index (κ2) is 11.5. The number of benzene rings is 2. The van der Waals surface area contributed by atoms with Crippen molar-refractivity contribution in [3.05, 3.63) is 81.1 Å². The molecule has 0 atom stereocenters. The van der Waals surface area contributed by atoms with Crippen LogP contribution in [0.15, 0.2) is 63.6 Å². The Kier molecular flexibility index (Phi) is 8.28. The van der Waals surface area contributed by atoms with Gasteiger partial charge in [-0.05, 0) is 50.2 Å². The summed E-state index contributed by atoms with van der Waals surface area (Å²) in [6.45, 7) is 7.87. The number of nitrogens with zero attached hydrogens (tertiary/aromatic N) is 3. The van der Waals surface area contributed by atoms with E-state index in [-0.39, 0.29) is 38.5 Å². The van der Waals surface area contributed by atoms with Gasteiger partial charge in [0.2, 0.25) is 10.0 Å². The molecule has 0 aliphatic heterocycles. The Hall–Kier alpha value is -3.87. The molecule has 2 heterocycles. The van der Waals surface area contributed by atoms with Gasteiger partial charge >= 0.3 is 5.97 Å². The number of fused-ring (bicyclic) bond motifs is 1. The molecule has 4 aromatic rings. The summed E-state index contributed by atoms with van der Waals surface area (Å²) in [6.07, 6.45) is 0. The van der Waals surface area contributed by atoms with Crippen LogP contribution in [0.5, 0.6) is 0 Å². The molecule has 1 amide bonds. The fourth-order valence-electron chi connectivity index (χ4n) is 4.02. The van der Waals surface area contributed by atoms with Crippen molar-refractivity contribution in [3.8, 4) is 5.69 Å². The molecular formula is C27H28N4O6S2. The second-order valence-corrected chi connectivity index (χ2v) is 11.4. The Balaban J connectivity index is 1.74. The first-order valence-electron chi connectivity index (χ1n) is 12.3. The van der Waals surface area contributed by atoms with Gasteiger partial charge in [-0.1, -0.05) is 31.5 Å². The average molecular weight is 569 g/mol. The van der Waals surface area contributed by atoms with Crippen molar-refractivity contribution in [2.75, 3.05) is 25.0 Å². The highest BCUT2D eigenvalue weighted by Crippen LogP contribution is 2.31. The van der Waals surface area contributed by atoms with E-state index in [4.69, 9.17) is 4.74 Å². The maximum absolute atomic E-state index is 13.6. The van der Waals surface area contributed by atoms with Gasteiger partial charge in [-0.2, -0.15) is 14.1 Å². The molecule has 0 spiro atoms. The fraction of sp³-hybridized carbons (Fsp3) is 0.259. The van der Waals surface area contributed by atoms with Crippen molar-refractivity contribution < 1.29 is 22.7 Å². The Morgan fingerprint density at radius 2 is 1.67 bits per heavy atom. The minimum absolute atomic E-state index is 0.0465. The third kappa shape index (κ3) is 5.49. The molecule has 0 aliphatic carbocycles. The van der Waals surface area contributed by atoms with Gasteiger partial charge in [-0.3, -0.25) is 9.59 Å². The second-order valence-electron chi connectivity index (χ2n) is 8.54. The molecule has 2 aromatic heterocycles. The number of anilines is 1. The normalized spacial score (nSPS) is 11.6. The quantitative estimate of drug-likeness (QED) is 0.300. The van der Waals surface area contributed by atoms with Gasteiger partial charge in [0.25, 0.3) is 11.5 Å². The van der Waals surface area contributed by atoms with E-state index in [2.05, 4.69) is 10.4 Å². The maximum Gasteiger partial charge on any atom is 0.359 e. The van der Waals surface area contributed by atoms with Gasteiger partial charge < -0.3 is 10.1 Å². The number of nitrogens with one attached hydrogen (secondary N) is 1. The van der Waals surface area contributed by atoms with Crippen LogP contribution in [0.3, 0.4) is 0 Å². The number of rotatable bonds is 9. The number of ether oxygens (including phenoxy) is 1. The largest absolute Gasteiger partial charge is 0.461 e. The summed E-state index contributed by atoms with van der Waals surface area (Å²) in [4.78, 5) is 39.5. The third-order valence-electron chi connectivity index (χ3n) is 6.09. The smallest absolute Gasteiger partial charge is 0.359 e. The molecule has 0 radical (unpaired) electrons. The van der Waals surface area contributed by atoms with E-state index in [0.29, 0.717) is 18.8 Å². The molecule has 1 N–H and O–H groups in total. The molecule has 0 fully saturated rings. The highest BCUT2D eigenvalue weighted by atomic mass is 32.2. The zero-order chi connectivity index (χ0) is 28.3. The number of hydrogen-bond donors (Lipinski definition) is 1. The van der Waals surface area contributed by atoms with Crippen LogP contribution in [0.2, 0.25) is 0 Å². The van der Waals surface area contributed by atoms with Gasteiger partial charge in [-0.15, -0.1) is 11.3 Å². The number of hydrogen-bond acceptors (Lipinski definition) is 8. The SMILES string of the molecule is CCOC(=O)c1nn(-c2ccc(C)cc2)c(=O)c2c(NC(=O)c3ccc(S(=O)(=O)N(CC)CC)cc3)scc12. The van der Waals surface area contributed by atoms with Crippen LogP contribution in [0.4, 0.5) is 5.00 Å². The van der Waals surface area contributed by atoms with Crippen molar-refractivity contribution in [1.82, 2.24) is 14.1 Å². The van der Waals surface area contributed by atoms with Crippen LogP contribution >= 0.6 is 11.3 Å². The van der Waals surface area contributed by atoms with Gasteiger partial charge in [0.15, 0.2) is 5.69 Å². The zero-order valence-electron chi connectivity index (χ0n) is 21.9. The number of aromatic nitrogens is 2. The van der Waals surface area contributed by atoms with Crippen molar-refractivity contribution in [2.45, 2.75) is 32.6 Å². The highest BCUT2D eigenvalue weighted by Gasteiger charge is 2.24. The van der Waals surface area contributed by atoms with Crippen LogP contribution < -0.4 is 10.9 Å². The lowest BCUT2D eigenvalue weighted by Gasteiger charge is -2.18. The minimum Gasteiger partial charge on any atom is -0.461 e. The van der Waals surface area contributed by atoms with E-state index in [1.807, 2.05) is 19.1 Å². The standard InChI is InChI=1S/C27H28N4O6S2/c1-5-30(6-2)39(35,36)20-14-10-18(11-15-20)24(32)28-25-22-21(16-38-25)23(27(34)37-7-3)29-31(26(22)33)19-12-8-17(4)9-13-19/h8-16H,5-7H2,1-4H3,(H,28,32). The summed E-state index contributed by atoms with van der Waals surface area (Å²) in [5.41, 5.74) is 1.08. The van der Waals surface area contributed by atoms with E-state index < -0.39 is 27.5 Å². The maximum atomic E-state index is 13.6.